The number of benzene rings is 1. The number of ketones is 1. The number of methoxy groups -OCH3 is 1. The second-order valence-corrected chi connectivity index (χ2v) is 4.50. The molecule has 1 aromatic carbocycles. The van der Waals surface area contributed by atoms with Gasteiger partial charge in [0.05, 0.1) is 11.6 Å². The van der Waals surface area contributed by atoms with Crippen molar-refractivity contribution in [2.45, 2.75) is 19.4 Å². The van der Waals surface area contributed by atoms with Crippen molar-refractivity contribution in [3.8, 4) is 5.75 Å². The highest BCUT2D eigenvalue weighted by Crippen LogP contribution is 2.28. The predicted octanol–water partition coefficient (Wildman–Crippen LogP) is 2.70. The summed E-state index contributed by atoms with van der Waals surface area (Å²) in [6.07, 6.45) is 0.495. The summed E-state index contributed by atoms with van der Waals surface area (Å²) >= 11 is 3.43. The van der Waals surface area contributed by atoms with Crippen molar-refractivity contribution in [3.63, 3.8) is 0 Å². The number of hydrogen-bond acceptors (Lipinski definition) is 3. The molecule has 3 nitrogen and oxygen atoms in total. The zero-order valence-electron chi connectivity index (χ0n) is 9.71. The van der Waals surface area contributed by atoms with Gasteiger partial charge in [0, 0.05) is 12.5 Å². The first-order valence-electron chi connectivity index (χ1n) is 5.08. The van der Waals surface area contributed by atoms with Crippen LogP contribution in [0.15, 0.2) is 22.7 Å². The largest absolute Gasteiger partial charge is 0.496 e. The molecule has 0 heterocycles. The summed E-state index contributed by atoms with van der Waals surface area (Å²) in [5.74, 6) is 0.965. The Balaban J connectivity index is 2.93. The van der Waals surface area contributed by atoms with Crippen LogP contribution in [-0.4, -0.2) is 19.9 Å². The Morgan fingerprint density at radius 2 is 2.25 bits per heavy atom. The topological polar surface area (TPSA) is 38.3 Å². The number of ether oxygens (including phenoxy) is 1. The van der Waals surface area contributed by atoms with Crippen molar-refractivity contribution in [3.05, 3.63) is 28.2 Å². The molecule has 0 aliphatic heterocycles. The molecule has 0 aromatic heterocycles. The van der Waals surface area contributed by atoms with E-state index in [4.69, 9.17) is 4.74 Å². The second-order valence-electron chi connectivity index (χ2n) is 3.64. The smallest absolute Gasteiger partial charge is 0.133 e. The highest BCUT2D eigenvalue weighted by Gasteiger charge is 2.13. The summed E-state index contributed by atoms with van der Waals surface area (Å²) in [6.45, 7) is 1.60. The molecule has 1 unspecified atom stereocenters. The van der Waals surface area contributed by atoms with E-state index in [-0.39, 0.29) is 11.8 Å². The van der Waals surface area contributed by atoms with Crippen LogP contribution in [0.5, 0.6) is 5.75 Å². The Hall–Kier alpha value is -0.870. The maximum atomic E-state index is 11.1. The van der Waals surface area contributed by atoms with Crippen LogP contribution in [0.3, 0.4) is 0 Å². The lowest BCUT2D eigenvalue weighted by atomic mass is 10.0. The zero-order valence-corrected chi connectivity index (χ0v) is 11.3. The molecule has 4 heteroatoms. The first kappa shape index (κ1) is 13.2. The molecule has 1 N–H and O–H groups in total. The molecule has 0 saturated heterocycles. The van der Waals surface area contributed by atoms with Crippen LogP contribution < -0.4 is 10.1 Å². The van der Waals surface area contributed by atoms with Gasteiger partial charge >= 0.3 is 0 Å². The highest BCUT2D eigenvalue weighted by atomic mass is 79.9. The van der Waals surface area contributed by atoms with E-state index in [1.54, 1.807) is 14.0 Å². The van der Waals surface area contributed by atoms with Crippen LogP contribution >= 0.6 is 15.9 Å². The summed E-state index contributed by atoms with van der Waals surface area (Å²) < 4.78 is 6.06. The fourth-order valence-electron chi connectivity index (χ4n) is 1.57. The number of hydrogen-bond donors (Lipinski definition) is 1. The van der Waals surface area contributed by atoms with Gasteiger partial charge in [-0.05, 0) is 47.6 Å². The van der Waals surface area contributed by atoms with Gasteiger partial charge in [-0.25, -0.2) is 0 Å². The zero-order chi connectivity index (χ0) is 12.1. The molecular formula is C12H16BrNO2. The number of carbonyl (C=O) groups is 1. The Kier molecular flexibility index (Phi) is 4.96. The third kappa shape index (κ3) is 3.32. The van der Waals surface area contributed by atoms with Crippen LogP contribution in [0, 0.1) is 0 Å². The van der Waals surface area contributed by atoms with Crippen LogP contribution in [0.2, 0.25) is 0 Å². The number of nitrogens with one attached hydrogen (secondary N) is 1. The normalized spacial score (nSPS) is 12.2. The first-order chi connectivity index (χ1) is 7.58. The number of Topliss-reactive ketones (excluding diaryl/α,β-unsaturated/α-hetero) is 1. The van der Waals surface area contributed by atoms with Gasteiger partial charge in [-0.3, -0.25) is 4.79 Å². The molecule has 0 radical (unpaired) electrons. The number of halogens is 1. The average Bonchev–Trinajstić information content (AvgIpc) is 2.25. The Morgan fingerprint density at radius 1 is 1.56 bits per heavy atom. The summed E-state index contributed by atoms with van der Waals surface area (Å²) in [6, 6.07) is 5.89. The van der Waals surface area contributed by atoms with Crippen molar-refractivity contribution in [2.75, 3.05) is 14.2 Å². The Morgan fingerprint density at radius 3 is 2.69 bits per heavy atom. The van der Waals surface area contributed by atoms with Gasteiger partial charge in [0.2, 0.25) is 0 Å². The van der Waals surface area contributed by atoms with Gasteiger partial charge in [0.1, 0.15) is 11.5 Å². The minimum Gasteiger partial charge on any atom is -0.496 e. The van der Waals surface area contributed by atoms with Gasteiger partial charge in [-0.15, -0.1) is 0 Å². The third-order valence-electron chi connectivity index (χ3n) is 2.42. The van der Waals surface area contributed by atoms with Crippen LogP contribution in [0.4, 0.5) is 0 Å². The molecule has 1 rings (SSSR count). The van der Waals surface area contributed by atoms with Gasteiger partial charge < -0.3 is 10.1 Å². The van der Waals surface area contributed by atoms with E-state index in [1.165, 1.54) is 0 Å². The molecule has 0 fully saturated rings. The van der Waals surface area contributed by atoms with E-state index in [0.29, 0.717) is 6.42 Å². The molecular weight excluding hydrogens is 270 g/mol. The summed E-state index contributed by atoms with van der Waals surface area (Å²) in [4.78, 5) is 11.1. The molecule has 0 aliphatic rings. The standard InChI is InChI=1S/C12H16BrNO2/c1-8(15)6-11(14-2)9-4-5-12(16-3)10(13)7-9/h4-5,7,11,14H,6H2,1-3H3. The molecule has 1 atom stereocenters. The second kappa shape index (κ2) is 6.01. The van der Waals surface area contributed by atoms with E-state index in [9.17, 15) is 4.79 Å². The monoisotopic (exact) mass is 285 g/mol. The van der Waals surface area contributed by atoms with Crippen LogP contribution in [0.25, 0.3) is 0 Å². The highest BCUT2D eigenvalue weighted by molar-refractivity contribution is 9.10. The van der Waals surface area contributed by atoms with Crippen molar-refractivity contribution in [1.29, 1.82) is 0 Å². The summed E-state index contributed by atoms with van der Waals surface area (Å²) in [7, 11) is 3.48. The fraction of sp³-hybridized carbons (Fsp3) is 0.417. The minimum atomic E-state index is 0.0553. The van der Waals surface area contributed by atoms with Crippen LogP contribution in [-0.2, 0) is 4.79 Å². The predicted molar refractivity (Wildman–Crippen MR) is 67.8 cm³/mol. The van der Waals surface area contributed by atoms with E-state index in [1.807, 2.05) is 25.2 Å². The van der Waals surface area contributed by atoms with Crippen molar-refractivity contribution in [1.82, 2.24) is 5.32 Å². The van der Waals surface area contributed by atoms with Gasteiger partial charge in [0.25, 0.3) is 0 Å². The molecule has 16 heavy (non-hydrogen) atoms. The number of carbonyl (C=O) groups excluding carboxylic acids is 1. The van der Waals surface area contributed by atoms with Gasteiger partial charge in [-0.2, -0.15) is 0 Å². The molecule has 88 valence electrons. The fourth-order valence-corrected chi connectivity index (χ4v) is 2.13. The molecule has 1 aromatic rings. The SMILES string of the molecule is CNC(CC(C)=O)c1ccc(OC)c(Br)c1. The van der Waals surface area contributed by atoms with Crippen LogP contribution in [0.1, 0.15) is 24.9 Å². The van der Waals surface area contributed by atoms with Crippen molar-refractivity contribution in [2.24, 2.45) is 0 Å². The minimum absolute atomic E-state index is 0.0553. The first-order valence-corrected chi connectivity index (χ1v) is 5.88. The lowest BCUT2D eigenvalue weighted by Crippen LogP contribution is -2.18. The Bertz CT molecular complexity index is 379. The van der Waals surface area contributed by atoms with E-state index in [0.717, 1.165) is 15.8 Å². The molecule has 0 bridgehead atoms. The quantitative estimate of drug-likeness (QED) is 0.904. The molecule has 0 amide bonds. The van der Waals surface area contributed by atoms with Gasteiger partial charge in [-0.1, -0.05) is 6.07 Å². The maximum Gasteiger partial charge on any atom is 0.133 e. The summed E-state index contributed by atoms with van der Waals surface area (Å²) in [5, 5.41) is 3.13. The average molecular weight is 286 g/mol. The summed E-state index contributed by atoms with van der Waals surface area (Å²) in [5.41, 5.74) is 1.07. The molecule has 0 aliphatic carbocycles. The third-order valence-corrected chi connectivity index (χ3v) is 3.04. The number of rotatable bonds is 5. The lowest BCUT2D eigenvalue weighted by Gasteiger charge is -2.16. The van der Waals surface area contributed by atoms with E-state index < -0.39 is 0 Å². The molecule has 0 spiro atoms. The van der Waals surface area contributed by atoms with E-state index >= 15 is 0 Å². The van der Waals surface area contributed by atoms with E-state index in [2.05, 4.69) is 21.2 Å². The van der Waals surface area contributed by atoms with Gasteiger partial charge in [0.15, 0.2) is 0 Å². The van der Waals surface area contributed by atoms with Crippen molar-refractivity contribution >= 4 is 21.7 Å². The lowest BCUT2D eigenvalue weighted by molar-refractivity contribution is -0.117. The Labute approximate surface area is 104 Å². The molecule has 0 saturated carbocycles. The maximum absolute atomic E-state index is 11.1. The van der Waals surface area contributed by atoms with Crippen molar-refractivity contribution < 1.29 is 9.53 Å².